The van der Waals surface area contributed by atoms with Crippen LogP contribution in [0.4, 0.5) is 4.79 Å². The summed E-state index contributed by atoms with van der Waals surface area (Å²) < 4.78 is 10.1. The van der Waals surface area contributed by atoms with Crippen LogP contribution in [0.5, 0.6) is 0 Å². The van der Waals surface area contributed by atoms with Crippen molar-refractivity contribution in [3.63, 3.8) is 0 Å². The van der Waals surface area contributed by atoms with Crippen LogP contribution < -0.4 is 0 Å². The summed E-state index contributed by atoms with van der Waals surface area (Å²) in [6.07, 6.45) is -0.482. The maximum absolute atomic E-state index is 12.0. The second kappa shape index (κ2) is 5.66. The SMILES string of the molecule is CCOC(=O)CC(=O)C1C2CN(C(=O)OC(C)(C)C)CC21. The van der Waals surface area contributed by atoms with E-state index in [0.29, 0.717) is 13.1 Å². The third kappa shape index (κ3) is 3.74. The van der Waals surface area contributed by atoms with Crippen molar-refractivity contribution in [2.45, 2.75) is 39.7 Å². The molecule has 2 fully saturated rings. The Morgan fingerprint density at radius 2 is 1.71 bits per heavy atom. The number of hydrogen-bond acceptors (Lipinski definition) is 5. The van der Waals surface area contributed by atoms with Gasteiger partial charge in [0.2, 0.25) is 0 Å². The standard InChI is InChI=1S/C15H23NO5/c1-5-20-12(18)6-11(17)13-9-7-16(8-10(9)13)14(19)21-15(2,3)4/h9-10,13H,5-8H2,1-4H3. The predicted octanol–water partition coefficient (Wildman–Crippen LogP) is 1.62. The van der Waals surface area contributed by atoms with E-state index >= 15 is 0 Å². The molecule has 2 aliphatic rings. The van der Waals surface area contributed by atoms with E-state index in [-0.39, 0.29) is 42.7 Å². The van der Waals surface area contributed by atoms with Crippen molar-refractivity contribution in [1.82, 2.24) is 4.90 Å². The van der Waals surface area contributed by atoms with Gasteiger partial charge in [-0.25, -0.2) is 4.79 Å². The molecule has 1 heterocycles. The van der Waals surface area contributed by atoms with Gasteiger partial charge in [-0.15, -0.1) is 0 Å². The first-order valence-electron chi connectivity index (χ1n) is 7.39. The highest BCUT2D eigenvalue weighted by Gasteiger charge is 2.60. The van der Waals surface area contributed by atoms with Gasteiger partial charge in [-0.05, 0) is 39.5 Å². The Morgan fingerprint density at radius 3 is 2.19 bits per heavy atom. The van der Waals surface area contributed by atoms with Crippen molar-refractivity contribution in [3.05, 3.63) is 0 Å². The van der Waals surface area contributed by atoms with Crippen molar-refractivity contribution in [1.29, 1.82) is 0 Å². The summed E-state index contributed by atoms with van der Waals surface area (Å²) in [6, 6.07) is 0. The van der Waals surface area contributed by atoms with Crippen LogP contribution in [0.2, 0.25) is 0 Å². The summed E-state index contributed by atoms with van der Waals surface area (Å²) in [7, 11) is 0. The molecule has 2 rings (SSSR count). The van der Waals surface area contributed by atoms with Crippen LogP contribution in [-0.4, -0.2) is 48.0 Å². The number of carbonyl (C=O) groups is 3. The molecule has 1 saturated carbocycles. The topological polar surface area (TPSA) is 72.9 Å². The van der Waals surface area contributed by atoms with Gasteiger partial charge < -0.3 is 14.4 Å². The number of hydrogen-bond donors (Lipinski definition) is 0. The van der Waals surface area contributed by atoms with Crippen LogP contribution in [0.1, 0.15) is 34.1 Å². The number of Topliss-reactive ketones (excluding diaryl/α,β-unsaturated/α-hetero) is 1. The second-order valence-electron chi connectivity index (χ2n) is 6.69. The summed E-state index contributed by atoms with van der Waals surface area (Å²) in [4.78, 5) is 36.8. The van der Waals surface area contributed by atoms with Crippen LogP contribution in [0.3, 0.4) is 0 Å². The lowest BCUT2D eigenvalue weighted by Crippen LogP contribution is -2.37. The molecule has 0 N–H and O–H groups in total. The fourth-order valence-electron chi connectivity index (χ4n) is 2.95. The van der Waals surface area contributed by atoms with Crippen molar-refractivity contribution >= 4 is 17.8 Å². The van der Waals surface area contributed by atoms with Gasteiger partial charge in [0.15, 0.2) is 0 Å². The van der Waals surface area contributed by atoms with Crippen LogP contribution in [0.15, 0.2) is 0 Å². The van der Waals surface area contributed by atoms with Crippen LogP contribution in [0.25, 0.3) is 0 Å². The lowest BCUT2D eigenvalue weighted by molar-refractivity contribution is -0.146. The molecule has 0 spiro atoms. The Balaban J connectivity index is 1.78. The molecule has 0 bridgehead atoms. The molecule has 0 aromatic rings. The van der Waals surface area contributed by atoms with Gasteiger partial charge in [0, 0.05) is 19.0 Å². The summed E-state index contributed by atoms with van der Waals surface area (Å²) in [5, 5.41) is 0. The number of fused-ring (bicyclic) bond motifs is 1. The Morgan fingerprint density at radius 1 is 1.14 bits per heavy atom. The zero-order valence-electron chi connectivity index (χ0n) is 13.0. The lowest BCUT2D eigenvalue weighted by Gasteiger charge is -2.25. The Kier molecular flexibility index (Phi) is 4.25. The maximum atomic E-state index is 12.0. The van der Waals surface area contributed by atoms with E-state index in [1.165, 1.54) is 0 Å². The normalized spacial score (nSPS) is 27.0. The van der Waals surface area contributed by atoms with Gasteiger partial charge >= 0.3 is 12.1 Å². The molecule has 1 saturated heterocycles. The third-order valence-corrected chi connectivity index (χ3v) is 3.84. The number of piperidine rings is 1. The monoisotopic (exact) mass is 297 g/mol. The van der Waals surface area contributed by atoms with E-state index in [1.807, 2.05) is 20.8 Å². The van der Waals surface area contributed by atoms with Crippen molar-refractivity contribution in [2.24, 2.45) is 17.8 Å². The molecule has 21 heavy (non-hydrogen) atoms. The number of rotatable bonds is 4. The minimum absolute atomic E-state index is 0.0627. The number of ether oxygens (including phenoxy) is 2. The zero-order chi connectivity index (χ0) is 15.8. The smallest absolute Gasteiger partial charge is 0.410 e. The van der Waals surface area contributed by atoms with E-state index in [4.69, 9.17) is 9.47 Å². The van der Waals surface area contributed by atoms with Gasteiger partial charge in [-0.1, -0.05) is 0 Å². The quantitative estimate of drug-likeness (QED) is 0.582. The molecule has 2 atom stereocenters. The zero-order valence-corrected chi connectivity index (χ0v) is 13.0. The van der Waals surface area contributed by atoms with Crippen molar-refractivity contribution in [3.8, 4) is 0 Å². The number of ketones is 1. The molecule has 0 aromatic carbocycles. The minimum atomic E-state index is -0.511. The van der Waals surface area contributed by atoms with Crippen molar-refractivity contribution in [2.75, 3.05) is 19.7 Å². The molecule has 0 radical (unpaired) electrons. The van der Waals surface area contributed by atoms with E-state index < -0.39 is 11.6 Å². The molecule has 0 aromatic heterocycles. The summed E-state index contributed by atoms with van der Waals surface area (Å²) in [5.74, 6) is -0.254. The third-order valence-electron chi connectivity index (χ3n) is 3.84. The number of amides is 1. The first kappa shape index (κ1) is 15.8. The average Bonchev–Trinajstić information content (AvgIpc) is 2.82. The predicted molar refractivity (Wildman–Crippen MR) is 74.5 cm³/mol. The van der Waals surface area contributed by atoms with Crippen LogP contribution in [0, 0.1) is 17.8 Å². The Bertz CT molecular complexity index is 441. The lowest BCUT2D eigenvalue weighted by atomic mass is 10.1. The molecule has 118 valence electrons. The Labute approximate surface area is 124 Å². The molecular formula is C15H23NO5. The van der Waals surface area contributed by atoms with Gasteiger partial charge in [-0.3, -0.25) is 9.59 Å². The summed E-state index contributed by atoms with van der Waals surface area (Å²) in [5.41, 5.74) is -0.511. The maximum Gasteiger partial charge on any atom is 0.410 e. The second-order valence-corrected chi connectivity index (χ2v) is 6.69. The largest absolute Gasteiger partial charge is 0.466 e. The summed E-state index contributed by atoms with van der Waals surface area (Å²) in [6.45, 7) is 8.56. The highest BCUT2D eigenvalue weighted by molar-refractivity contribution is 5.98. The molecule has 1 aliphatic carbocycles. The fraction of sp³-hybridized carbons (Fsp3) is 0.800. The van der Waals surface area contributed by atoms with E-state index in [2.05, 4.69) is 0 Å². The molecule has 6 nitrogen and oxygen atoms in total. The molecular weight excluding hydrogens is 274 g/mol. The average molecular weight is 297 g/mol. The fourth-order valence-corrected chi connectivity index (χ4v) is 2.95. The van der Waals surface area contributed by atoms with Crippen LogP contribution in [-0.2, 0) is 19.1 Å². The highest BCUT2D eigenvalue weighted by Crippen LogP contribution is 2.52. The van der Waals surface area contributed by atoms with Gasteiger partial charge in [0.05, 0.1) is 6.61 Å². The summed E-state index contributed by atoms with van der Waals surface area (Å²) >= 11 is 0. The van der Waals surface area contributed by atoms with E-state index in [1.54, 1.807) is 11.8 Å². The number of nitrogens with zero attached hydrogens (tertiary/aromatic N) is 1. The minimum Gasteiger partial charge on any atom is -0.466 e. The first-order valence-corrected chi connectivity index (χ1v) is 7.39. The number of likely N-dealkylation sites (tertiary alicyclic amines) is 1. The van der Waals surface area contributed by atoms with Crippen LogP contribution >= 0.6 is 0 Å². The molecule has 6 heteroatoms. The highest BCUT2D eigenvalue weighted by atomic mass is 16.6. The molecule has 1 amide bonds. The Hall–Kier alpha value is -1.59. The van der Waals surface area contributed by atoms with Crippen molar-refractivity contribution < 1.29 is 23.9 Å². The molecule has 2 unspecified atom stereocenters. The van der Waals surface area contributed by atoms with E-state index in [0.717, 1.165) is 0 Å². The number of carbonyl (C=O) groups excluding carboxylic acids is 3. The van der Waals surface area contributed by atoms with E-state index in [9.17, 15) is 14.4 Å². The van der Waals surface area contributed by atoms with Gasteiger partial charge in [0.1, 0.15) is 17.8 Å². The first-order chi connectivity index (χ1) is 9.73. The van der Waals surface area contributed by atoms with Gasteiger partial charge in [-0.2, -0.15) is 0 Å². The van der Waals surface area contributed by atoms with Gasteiger partial charge in [0.25, 0.3) is 0 Å². The number of esters is 1. The molecule has 1 aliphatic heterocycles.